The Bertz CT molecular complexity index is 970. The van der Waals surface area contributed by atoms with Gasteiger partial charge in [0.25, 0.3) is 5.56 Å². The Morgan fingerprint density at radius 2 is 1.92 bits per heavy atom. The lowest BCUT2D eigenvalue weighted by molar-refractivity contribution is 0.185. The second-order valence-electron chi connectivity index (χ2n) is 6.12. The quantitative estimate of drug-likeness (QED) is 0.720. The first-order chi connectivity index (χ1) is 11.4. The molecule has 3 aromatic rings. The summed E-state index contributed by atoms with van der Waals surface area (Å²) in [5.41, 5.74) is 4.60. The second-order valence-corrected chi connectivity index (χ2v) is 7.32. The number of ether oxygens (including phenoxy) is 1. The summed E-state index contributed by atoms with van der Waals surface area (Å²) in [6.45, 7) is 9.15. The lowest BCUT2D eigenvalue weighted by Crippen LogP contribution is -2.25. The van der Waals surface area contributed by atoms with Crippen molar-refractivity contribution in [2.45, 2.75) is 34.2 Å². The zero-order valence-corrected chi connectivity index (χ0v) is 15.6. The first-order valence-corrected chi connectivity index (χ1v) is 8.82. The van der Waals surface area contributed by atoms with Gasteiger partial charge in [-0.15, -0.1) is 11.3 Å². The van der Waals surface area contributed by atoms with Crippen LogP contribution in [0.1, 0.15) is 21.8 Å². The molecule has 0 unspecified atom stereocenters. The van der Waals surface area contributed by atoms with Gasteiger partial charge >= 0.3 is 0 Å². The monoisotopic (exact) mass is 342 g/mol. The van der Waals surface area contributed by atoms with Crippen LogP contribution in [0.5, 0.6) is 0 Å². The van der Waals surface area contributed by atoms with Gasteiger partial charge in [-0.1, -0.05) is 18.2 Å². The highest BCUT2D eigenvalue weighted by molar-refractivity contribution is 7.19. The van der Waals surface area contributed by atoms with E-state index in [9.17, 15) is 4.79 Å². The number of rotatable bonds is 4. The molecule has 0 aliphatic carbocycles. The highest BCUT2D eigenvalue weighted by atomic mass is 32.1. The average molecular weight is 342 g/mol. The molecule has 5 heteroatoms. The van der Waals surface area contributed by atoms with Gasteiger partial charge in [-0.2, -0.15) is 0 Å². The summed E-state index contributed by atoms with van der Waals surface area (Å²) in [5, 5.41) is 0.724. The van der Waals surface area contributed by atoms with E-state index in [2.05, 4.69) is 44.0 Å². The fourth-order valence-electron chi connectivity index (χ4n) is 2.99. The second kappa shape index (κ2) is 6.49. The molecule has 0 amide bonds. The molecule has 1 aromatic carbocycles. The lowest BCUT2D eigenvalue weighted by Gasteiger charge is -2.10. The van der Waals surface area contributed by atoms with E-state index < -0.39 is 0 Å². The molecule has 0 saturated carbocycles. The lowest BCUT2D eigenvalue weighted by atomic mass is 9.99. The predicted octanol–water partition coefficient (Wildman–Crippen LogP) is 4.01. The fraction of sp³-hybridized carbons (Fsp3) is 0.368. The Hall–Kier alpha value is -1.98. The number of thiophene rings is 1. The smallest absolute Gasteiger partial charge is 0.262 e. The molecule has 0 fully saturated rings. The van der Waals surface area contributed by atoms with Gasteiger partial charge in [0, 0.05) is 17.6 Å². The summed E-state index contributed by atoms with van der Waals surface area (Å²) in [5.74, 6) is 0.734. The van der Waals surface area contributed by atoms with Gasteiger partial charge in [0.15, 0.2) is 0 Å². The number of hydrogen-bond donors (Lipinski definition) is 0. The molecule has 0 aliphatic heterocycles. The molecular formula is C19H22N2O2S. The molecule has 4 nitrogen and oxygen atoms in total. The third-order valence-corrected chi connectivity index (χ3v) is 5.49. The number of hydrogen-bond acceptors (Lipinski definition) is 4. The van der Waals surface area contributed by atoms with E-state index in [1.807, 2.05) is 6.92 Å². The summed E-state index contributed by atoms with van der Waals surface area (Å²) in [6.07, 6.45) is 0. The molecule has 0 radical (unpaired) electrons. The normalized spacial score (nSPS) is 11.4. The van der Waals surface area contributed by atoms with Gasteiger partial charge in [-0.25, -0.2) is 4.98 Å². The molecule has 0 aliphatic rings. The van der Waals surface area contributed by atoms with Gasteiger partial charge in [0.05, 0.1) is 18.5 Å². The van der Waals surface area contributed by atoms with Crippen LogP contribution in [0.15, 0.2) is 23.0 Å². The predicted molar refractivity (Wildman–Crippen MR) is 100 cm³/mol. The van der Waals surface area contributed by atoms with Gasteiger partial charge in [-0.3, -0.25) is 9.36 Å². The van der Waals surface area contributed by atoms with Gasteiger partial charge in [0.2, 0.25) is 0 Å². The Labute approximate surface area is 145 Å². The third kappa shape index (κ3) is 2.78. The molecule has 126 valence electrons. The summed E-state index contributed by atoms with van der Waals surface area (Å²) in [4.78, 5) is 19.7. The molecule has 2 aromatic heterocycles. The van der Waals surface area contributed by atoms with Crippen LogP contribution in [-0.2, 0) is 11.3 Å². The minimum absolute atomic E-state index is 0.0205. The topological polar surface area (TPSA) is 44.1 Å². The fourth-order valence-corrected chi connectivity index (χ4v) is 4.07. The highest BCUT2D eigenvalue weighted by Gasteiger charge is 2.18. The maximum absolute atomic E-state index is 13.1. The maximum atomic E-state index is 13.1. The Morgan fingerprint density at radius 1 is 1.17 bits per heavy atom. The molecule has 2 heterocycles. The molecule has 3 rings (SSSR count). The third-order valence-electron chi connectivity index (χ3n) is 4.49. The van der Waals surface area contributed by atoms with Crippen LogP contribution in [0.25, 0.3) is 21.3 Å². The van der Waals surface area contributed by atoms with Crippen LogP contribution < -0.4 is 5.56 Å². The van der Waals surface area contributed by atoms with Crippen molar-refractivity contribution >= 4 is 21.6 Å². The highest BCUT2D eigenvalue weighted by Crippen LogP contribution is 2.36. The zero-order valence-electron chi connectivity index (χ0n) is 14.8. The van der Waals surface area contributed by atoms with Crippen molar-refractivity contribution < 1.29 is 4.74 Å². The van der Waals surface area contributed by atoms with Crippen molar-refractivity contribution in [3.05, 3.63) is 50.4 Å². The summed E-state index contributed by atoms with van der Waals surface area (Å²) in [7, 11) is 1.64. The number of aromatic nitrogens is 2. The van der Waals surface area contributed by atoms with Crippen LogP contribution in [0.3, 0.4) is 0 Å². The van der Waals surface area contributed by atoms with Crippen molar-refractivity contribution in [1.82, 2.24) is 9.55 Å². The van der Waals surface area contributed by atoms with Crippen molar-refractivity contribution in [2.24, 2.45) is 0 Å². The number of nitrogens with zero attached hydrogens (tertiary/aromatic N) is 2. The standard InChI is InChI=1S/C19H22N2O2S/c1-11-6-7-15(10-12(11)2)16-13(3)24-18-17(16)19(22)21(8-9-23-5)14(4)20-18/h6-7,10H,8-9H2,1-5H3. The van der Waals surface area contributed by atoms with Crippen molar-refractivity contribution in [1.29, 1.82) is 0 Å². The molecule has 0 N–H and O–H groups in total. The Morgan fingerprint density at radius 3 is 2.58 bits per heavy atom. The first kappa shape index (κ1) is 16.9. The van der Waals surface area contributed by atoms with E-state index in [-0.39, 0.29) is 5.56 Å². The largest absolute Gasteiger partial charge is 0.383 e. The average Bonchev–Trinajstić information content (AvgIpc) is 2.86. The first-order valence-electron chi connectivity index (χ1n) is 8.01. The van der Waals surface area contributed by atoms with Crippen molar-refractivity contribution in [2.75, 3.05) is 13.7 Å². The van der Waals surface area contributed by atoms with Crippen molar-refractivity contribution in [3.8, 4) is 11.1 Å². The zero-order chi connectivity index (χ0) is 17.4. The number of fused-ring (bicyclic) bond motifs is 1. The van der Waals surface area contributed by atoms with Gasteiger partial charge < -0.3 is 4.74 Å². The van der Waals surface area contributed by atoms with E-state index in [1.165, 1.54) is 11.1 Å². The molecular weight excluding hydrogens is 320 g/mol. The van der Waals surface area contributed by atoms with E-state index in [1.54, 1.807) is 23.0 Å². The molecule has 24 heavy (non-hydrogen) atoms. The molecule has 0 saturated heterocycles. The maximum Gasteiger partial charge on any atom is 0.262 e. The summed E-state index contributed by atoms with van der Waals surface area (Å²) in [6, 6.07) is 6.36. The number of methoxy groups -OCH3 is 1. The van der Waals surface area contributed by atoms with Crippen LogP contribution in [0, 0.1) is 27.7 Å². The van der Waals surface area contributed by atoms with Crippen LogP contribution in [0.2, 0.25) is 0 Å². The van der Waals surface area contributed by atoms with E-state index in [0.717, 1.165) is 32.0 Å². The minimum atomic E-state index is 0.0205. The summed E-state index contributed by atoms with van der Waals surface area (Å²) >= 11 is 1.59. The van der Waals surface area contributed by atoms with E-state index in [4.69, 9.17) is 4.74 Å². The minimum Gasteiger partial charge on any atom is -0.383 e. The van der Waals surface area contributed by atoms with Crippen LogP contribution in [0.4, 0.5) is 0 Å². The van der Waals surface area contributed by atoms with Crippen LogP contribution >= 0.6 is 11.3 Å². The molecule has 0 spiro atoms. The van der Waals surface area contributed by atoms with E-state index >= 15 is 0 Å². The summed E-state index contributed by atoms with van der Waals surface area (Å²) < 4.78 is 6.84. The van der Waals surface area contributed by atoms with Crippen LogP contribution in [-0.4, -0.2) is 23.3 Å². The number of aryl methyl sites for hydroxylation is 4. The Kier molecular flexibility index (Phi) is 4.56. The van der Waals surface area contributed by atoms with Gasteiger partial charge in [-0.05, 0) is 44.4 Å². The molecule has 0 atom stereocenters. The van der Waals surface area contributed by atoms with E-state index in [0.29, 0.717) is 13.2 Å². The van der Waals surface area contributed by atoms with Gasteiger partial charge in [0.1, 0.15) is 10.7 Å². The SMILES string of the molecule is COCCn1c(C)nc2sc(C)c(-c3ccc(C)c(C)c3)c2c1=O. The number of benzene rings is 1. The molecule has 0 bridgehead atoms. The Balaban J connectivity index is 2.30. The van der Waals surface area contributed by atoms with Crippen molar-refractivity contribution in [3.63, 3.8) is 0 Å².